The van der Waals surface area contributed by atoms with Crippen molar-refractivity contribution in [1.82, 2.24) is 25.0 Å². The number of carbonyl (C=O) groups excluding carboxylic acids is 2. The average Bonchev–Trinajstić information content (AvgIpc) is 3.40. The molecule has 2 aliphatic rings. The SMILES string of the molecule is O=C1CNC(=O)N1CCSc1nnc(Cc2cccs2)n1C1CCCCC1. The number of nitrogens with zero attached hydrogens (tertiary/aromatic N) is 4. The van der Waals surface area contributed by atoms with Crippen LogP contribution in [0.2, 0.25) is 0 Å². The molecule has 1 saturated heterocycles. The zero-order chi connectivity index (χ0) is 18.6. The number of aromatic nitrogens is 3. The van der Waals surface area contributed by atoms with Gasteiger partial charge in [0.15, 0.2) is 5.16 Å². The Morgan fingerprint density at radius 2 is 2.07 bits per heavy atom. The van der Waals surface area contributed by atoms with E-state index in [1.165, 1.54) is 29.0 Å². The maximum Gasteiger partial charge on any atom is 0.324 e. The van der Waals surface area contributed by atoms with Crippen molar-refractivity contribution in [2.45, 2.75) is 49.7 Å². The van der Waals surface area contributed by atoms with Crippen molar-refractivity contribution in [2.24, 2.45) is 0 Å². The minimum Gasteiger partial charge on any atom is -0.329 e. The van der Waals surface area contributed by atoms with Crippen LogP contribution < -0.4 is 5.32 Å². The quantitative estimate of drug-likeness (QED) is 0.566. The van der Waals surface area contributed by atoms with Crippen molar-refractivity contribution >= 4 is 35.0 Å². The number of imide groups is 1. The van der Waals surface area contributed by atoms with Gasteiger partial charge < -0.3 is 9.88 Å². The van der Waals surface area contributed by atoms with E-state index < -0.39 is 0 Å². The fraction of sp³-hybridized carbons (Fsp3) is 0.556. The molecule has 144 valence electrons. The Hall–Kier alpha value is -1.87. The van der Waals surface area contributed by atoms with Crippen LogP contribution in [0.1, 0.15) is 48.8 Å². The lowest BCUT2D eigenvalue weighted by Crippen LogP contribution is -2.33. The molecule has 3 amide bonds. The summed E-state index contributed by atoms with van der Waals surface area (Å²) in [6.07, 6.45) is 6.91. The lowest BCUT2D eigenvalue weighted by molar-refractivity contribution is -0.124. The van der Waals surface area contributed by atoms with E-state index in [4.69, 9.17) is 0 Å². The molecule has 2 aromatic heterocycles. The predicted octanol–water partition coefficient (Wildman–Crippen LogP) is 3.08. The van der Waals surface area contributed by atoms with Gasteiger partial charge in [0.25, 0.3) is 0 Å². The molecule has 0 unspecified atom stereocenters. The molecule has 2 fully saturated rings. The fourth-order valence-corrected chi connectivity index (χ4v) is 5.36. The standard InChI is InChI=1S/C18H23N5O2S2/c24-16-12-19-17(25)22(16)8-10-27-18-21-20-15(11-14-7-4-9-26-14)23(18)13-5-2-1-3-6-13/h4,7,9,13H,1-3,5-6,8,10-12H2,(H,19,25). The lowest BCUT2D eigenvalue weighted by Gasteiger charge is -2.25. The molecule has 0 aromatic carbocycles. The zero-order valence-corrected chi connectivity index (χ0v) is 16.7. The van der Waals surface area contributed by atoms with Crippen molar-refractivity contribution in [3.05, 3.63) is 28.2 Å². The number of amides is 3. The number of rotatable bonds is 7. The zero-order valence-electron chi connectivity index (χ0n) is 15.1. The largest absolute Gasteiger partial charge is 0.329 e. The minimum absolute atomic E-state index is 0.104. The molecule has 0 bridgehead atoms. The van der Waals surface area contributed by atoms with E-state index >= 15 is 0 Å². The Balaban J connectivity index is 1.48. The van der Waals surface area contributed by atoms with Crippen molar-refractivity contribution in [2.75, 3.05) is 18.8 Å². The van der Waals surface area contributed by atoms with Crippen LogP contribution >= 0.6 is 23.1 Å². The van der Waals surface area contributed by atoms with Crippen LogP contribution in [0, 0.1) is 0 Å². The van der Waals surface area contributed by atoms with Crippen LogP contribution in [0.15, 0.2) is 22.7 Å². The van der Waals surface area contributed by atoms with Gasteiger partial charge in [-0.2, -0.15) is 0 Å². The number of hydrogen-bond donors (Lipinski definition) is 1. The lowest BCUT2D eigenvalue weighted by atomic mass is 9.95. The molecule has 1 aliphatic carbocycles. The van der Waals surface area contributed by atoms with Crippen LogP contribution in [-0.4, -0.2) is 50.4 Å². The van der Waals surface area contributed by atoms with Gasteiger partial charge in [-0.15, -0.1) is 21.5 Å². The predicted molar refractivity (Wildman–Crippen MR) is 105 cm³/mol. The first-order chi connectivity index (χ1) is 13.2. The Labute approximate surface area is 166 Å². The van der Waals surface area contributed by atoms with Crippen molar-refractivity contribution < 1.29 is 9.59 Å². The molecule has 4 rings (SSSR count). The van der Waals surface area contributed by atoms with Gasteiger partial charge in [-0.05, 0) is 24.3 Å². The summed E-state index contributed by atoms with van der Waals surface area (Å²) in [7, 11) is 0. The molecule has 7 nitrogen and oxygen atoms in total. The molecule has 1 saturated carbocycles. The van der Waals surface area contributed by atoms with Crippen molar-refractivity contribution in [3.63, 3.8) is 0 Å². The first-order valence-electron chi connectivity index (χ1n) is 9.39. The molecule has 9 heteroatoms. The van der Waals surface area contributed by atoms with E-state index in [0.717, 1.165) is 30.2 Å². The van der Waals surface area contributed by atoms with Crippen LogP contribution in [0.5, 0.6) is 0 Å². The van der Waals surface area contributed by atoms with Crippen LogP contribution in [-0.2, 0) is 11.2 Å². The maximum absolute atomic E-state index is 11.7. The second-order valence-electron chi connectivity index (χ2n) is 6.87. The maximum atomic E-state index is 11.7. The van der Waals surface area contributed by atoms with Gasteiger partial charge in [-0.1, -0.05) is 37.1 Å². The Kier molecular flexibility index (Phi) is 5.77. The molecule has 1 aliphatic heterocycles. The van der Waals surface area contributed by atoms with E-state index in [1.54, 1.807) is 23.1 Å². The summed E-state index contributed by atoms with van der Waals surface area (Å²) in [5.41, 5.74) is 0. The van der Waals surface area contributed by atoms with E-state index in [2.05, 4.69) is 37.6 Å². The first-order valence-corrected chi connectivity index (χ1v) is 11.3. The average molecular weight is 406 g/mol. The summed E-state index contributed by atoms with van der Waals surface area (Å²) < 4.78 is 2.31. The van der Waals surface area contributed by atoms with E-state index in [0.29, 0.717) is 18.3 Å². The third kappa shape index (κ3) is 4.19. The molecule has 2 aromatic rings. The van der Waals surface area contributed by atoms with Crippen LogP contribution in [0.3, 0.4) is 0 Å². The molecule has 0 radical (unpaired) electrons. The molecular weight excluding hydrogens is 382 g/mol. The van der Waals surface area contributed by atoms with Crippen molar-refractivity contribution in [3.8, 4) is 0 Å². The summed E-state index contributed by atoms with van der Waals surface area (Å²) in [5.74, 6) is 1.48. The summed E-state index contributed by atoms with van der Waals surface area (Å²) >= 11 is 3.32. The Morgan fingerprint density at radius 3 is 2.78 bits per heavy atom. The highest BCUT2D eigenvalue weighted by Crippen LogP contribution is 2.33. The summed E-state index contributed by atoms with van der Waals surface area (Å²) in [4.78, 5) is 26.0. The van der Waals surface area contributed by atoms with E-state index in [9.17, 15) is 9.59 Å². The van der Waals surface area contributed by atoms with Gasteiger partial charge in [0, 0.05) is 29.6 Å². The number of thioether (sulfide) groups is 1. The molecule has 0 spiro atoms. The third-order valence-corrected chi connectivity index (χ3v) is 6.87. The van der Waals surface area contributed by atoms with E-state index in [-0.39, 0.29) is 18.5 Å². The van der Waals surface area contributed by atoms with Gasteiger partial charge in [-0.3, -0.25) is 9.69 Å². The molecule has 0 atom stereocenters. The summed E-state index contributed by atoms with van der Waals surface area (Å²) in [6.45, 7) is 0.500. The first kappa shape index (κ1) is 18.5. The van der Waals surface area contributed by atoms with Gasteiger partial charge in [0.2, 0.25) is 5.91 Å². The fourth-order valence-electron chi connectivity index (χ4n) is 3.71. The van der Waals surface area contributed by atoms with Gasteiger partial charge in [-0.25, -0.2) is 4.79 Å². The molecular formula is C18H23N5O2S2. The van der Waals surface area contributed by atoms with Crippen molar-refractivity contribution in [1.29, 1.82) is 0 Å². The van der Waals surface area contributed by atoms with Gasteiger partial charge >= 0.3 is 6.03 Å². The molecule has 3 heterocycles. The van der Waals surface area contributed by atoms with Gasteiger partial charge in [0.1, 0.15) is 5.82 Å². The highest BCUT2D eigenvalue weighted by Gasteiger charge is 2.28. The second kappa shape index (κ2) is 8.43. The topological polar surface area (TPSA) is 80.1 Å². The Morgan fingerprint density at radius 1 is 1.22 bits per heavy atom. The van der Waals surface area contributed by atoms with Gasteiger partial charge in [0.05, 0.1) is 6.54 Å². The monoisotopic (exact) mass is 405 g/mol. The number of nitrogens with one attached hydrogen (secondary N) is 1. The van der Waals surface area contributed by atoms with E-state index in [1.807, 2.05) is 0 Å². The summed E-state index contributed by atoms with van der Waals surface area (Å²) in [6, 6.07) is 4.35. The second-order valence-corrected chi connectivity index (χ2v) is 8.96. The number of carbonyl (C=O) groups is 2. The minimum atomic E-state index is -0.298. The molecule has 1 N–H and O–H groups in total. The highest BCUT2D eigenvalue weighted by atomic mass is 32.2. The smallest absolute Gasteiger partial charge is 0.324 e. The third-order valence-electron chi connectivity index (χ3n) is 5.07. The highest BCUT2D eigenvalue weighted by molar-refractivity contribution is 7.99. The molecule has 27 heavy (non-hydrogen) atoms. The Bertz CT molecular complexity index is 783. The number of thiophene rings is 1. The number of urea groups is 1. The van der Waals surface area contributed by atoms with Crippen LogP contribution in [0.25, 0.3) is 0 Å². The normalized spacial score (nSPS) is 18.3. The van der Waals surface area contributed by atoms with Crippen LogP contribution in [0.4, 0.5) is 4.79 Å². The summed E-state index contributed by atoms with van der Waals surface area (Å²) in [5, 5.41) is 14.5. The number of hydrogen-bond acceptors (Lipinski definition) is 6.